The second-order valence-corrected chi connectivity index (χ2v) is 15.3. The van der Waals surface area contributed by atoms with E-state index in [0.29, 0.717) is 12.8 Å². The fourth-order valence-electron chi connectivity index (χ4n) is 6.76. The van der Waals surface area contributed by atoms with Crippen molar-refractivity contribution >= 4 is 5.91 Å². The number of carbonyl (C=O) groups excluding carboxylic acids is 1. The van der Waals surface area contributed by atoms with Crippen LogP contribution in [0.4, 0.5) is 0 Å². The van der Waals surface area contributed by atoms with Crippen molar-refractivity contribution in [3.05, 3.63) is 0 Å². The molecule has 7 atom stereocenters. The number of carbonyl (C=O) groups is 1. The molecule has 1 amide bonds. The molecular weight excluding hydrogens is 622 g/mol. The predicted octanol–water partition coefficient (Wildman–Crippen LogP) is 7.47. The first kappa shape index (κ1) is 46.2. The van der Waals surface area contributed by atoms with E-state index in [1.54, 1.807) is 0 Å². The van der Waals surface area contributed by atoms with Gasteiger partial charge in [-0.2, -0.15) is 0 Å². The van der Waals surface area contributed by atoms with Gasteiger partial charge in [-0.05, 0) is 18.8 Å². The molecule has 7 unspecified atom stereocenters. The third-order valence-corrected chi connectivity index (χ3v) is 10.1. The monoisotopic (exact) mass is 702 g/mol. The summed E-state index contributed by atoms with van der Waals surface area (Å²) < 4.78 is 11.2. The summed E-state index contributed by atoms with van der Waals surface area (Å²) >= 11 is 0. The van der Waals surface area contributed by atoms with E-state index in [4.69, 9.17) is 9.47 Å². The fraction of sp³-hybridized carbons (Fsp3) is 0.975. The highest BCUT2D eigenvalue weighted by atomic mass is 16.7. The molecule has 1 heterocycles. The first-order chi connectivity index (χ1) is 23.7. The highest BCUT2D eigenvalue weighted by Gasteiger charge is 2.44. The molecule has 9 heteroatoms. The van der Waals surface area contributed by atoms with Crippen LogP contribution in [0, 0.1) is 5.92 Å². The van der Waals surface area contributed by atoms with Crippen LogP contribution >= 0.6 is 0 Å². The van der Waals surface area contributed by atoms with E-state index >= 15 is 0 Å². The average molecular weight is 702 g/mol. The van der Waals surface area contributed by atoms with Crippen LogP contribution in [-0.4, -0.2) is 87.5 Å². The Morgan fingerprint density at radius 2 is 1.10 bits per heavy atom. The van der Waals surface area contributed by atoms with Crippen molar-refractivity contribution in [2.75, 3.05) is 13.2 Å². The summed E-state index contributed by atoms with van der Waals surface area (Å²) in [7, 11) is 0. The summed E-state index contributed by atoms with van der Waals surface area (Å²) in [4.78, 5) is 12.9. The second-order valence-electron chi connectivity index (χ2n) is 15.3. The quantitative estimate of drug-likeness (QED) is 0.0386. The number of hydrogen-bond donors (Lipinski definition) is 6. The van der Waals surface area contributed by atoms with Crippen molar-refractivity contribution in [3.63, 3.8) is 0 Å². The van der Waals surface area contributed by atoms with Crippen LogP contribution in [-0.2, 0) is 14.3 Å². The summed E-state index contributed by atoms with van der Waals surface area (Å²) in [6.07, 6.45) is 22.5. The van der Waals surface area contributed by atoms with Crippen LogP contribution in [0.5, 0.6) is 0 Å². The average Bonchev–Trinajstić information content (AvgIpc) is 3.08. The topological polar surface area (TPSA) is 149 Å². The molecule has 9 nitrogen and oxygen atoms in total. The normalized spacial score (nSPS) is 22.4. The first-order valence-electron chi connectivity index (χ1n) is 20.6. The molecule has 1 saturated heterocycles. The molecular formula is C40H79NO8. The van der Waals surface area contributed by atoms with Gasteiger partial charge in [0.05, 0.1) is 25.4 Å². The number of rotatable bonds is 33. The Hall–Kier alpha value is -0.810. The zero-order chi connectivity index (χ0) is 36.1. The SMILES string of the molecule is CCCCCCCCCCCCCCCCC(=O)NC(COC1OC(CO)C(O)C(O)C1O)C(O)CCCCCCCCCCCC(C)C. The zero-order valence-corrected chi connectivity index (χ0v) is 31.9. The second kappa shape index (κ2) is 30.8. The van der Waals surface area contributed by atoms with Crippen molar-refractivity contribution in [2.24, 2.45) is 5.92 Å². The van der Waals surface area contributed by atoms with Crippen LogP contribution in [0.2, 0.25) is 0 Å². The Balaban J connectivity index is 2.38. The number of hydrogen-bond acceptors (Lipinski definition) is 8. The van der Waals surface area contributed by atoms with E-state index in [-0.39, 0.29) is 12.5 Å². The molecule has 292 valence electrons. The van der Waals surface area contributed by atoms with Gasteiger partial charge in [0.1, 0.15) is 24.4 Å². The molecule has 1 fully saturated rings. The van der Waals surface area contributed by atoms with E-state index in [1.807, 2.05) is 0 Å². The van der Waals surface area contributed by atoms with Gasteiger partial charge in [0.25, 0.3) is 0 Å². The molecule has 0 saturated carbocycles. The molecule has 0 aromatic heterocycles. The van der Waals surface area contributed by atoms with E-state index < -0.39 is 49.5 Å². The Morgan fingerprint density at radius 3 is 1.57 bits per heavy atom. The summed E-state index contributed by atoms with van der Waals surface area (Å²) in [5.41, 5.74) is 0. The van der Waals surface area contributed by atoms with Crippen molar-refractivity contribution in [1.29, 1.82) is 0 Å². The maximum absolute atomic E-state index is 12.9. The van der Waals surface area contributed by atoms with Gasteiger partial charge < -0.3 is 40.3 Å². The lowest BCUT2D eigenvalue weighted by Gasteiger charge is -2.40. The van der Waals surface area contributed by atoms with Crippen LogP contribution in [0.15, 0.2) is 0 Å². The van der Waals surface area contributed by atoms with E-state index in [2.05, 4.69) is 26.1 Å². The first-order valence-corrected chi connectivity index (χ1v) is 20.6. The highest BCUT2D eigenvalue weighted by Crippen LogP contribution is 2.23. The Labute approximate surface area is 300 Å². The predicted molar refractivity (Wildman–Crippen MR) is 198 cm³/mol. The Morgan fingerprint density at radius 1 is 0.653 bits per heavy atom. The molecule has 0 aromatic rings. The molecule has 0 bridgehead atoms. The highest BCUT2D eigenvalue weighted by molar-refractivity contribution is 5.76. The molecule has 1 rings (SSSR count). The van der Waals surface area contributed by atoms with Crippen LogP contribution in [0.1, 0.15) is 188 Å². The van der Waals surface area contributed by atoms with E-state index in [1.165, 1.54) is 116 Å². The smallest absolute Gasteiger partial charge is 0.220 e. The summed E-state index contributed by atoms with van der Waals surface area (Å²) in [6, 6.07) is -0.711. The van der Waals surface area contributed by atoms with Gasteiger partial charge >= 0.3 is 0 Å². The summed E-state index contributed by atoms with van der Waals surface area (Å²) in [6.45, 7) is 6.13. The molecule has 1 aliphatic rings. The van der Waals surface area contributed by atoms with Gasteiger partial charge in [-0.3, -0.25) is 4.79 Å². The van der Waals surface area contributed by atoms with Crippen LogP contribution in [0.3, 0.4) is 0 Å². The van der Waals surface area contributed by atoms with Crippen LogP contribution in [0.25, 0.3) is 0 Å². The van der Waals surface area contributed by atoms with Gasteiger partial charge in [-0.1, -0.05) is 168 Å². The van der Waals surface area contributed by atoms with Crippen molar-refractivity contribution in [2.45, 2.75) is 231 Å². The standard InChI is InChI=1S/C40H79NO8/c1-4-5-6-7-8-9-10-11-12-13-17-20-23-26-29-36(44)41-33(31-48-40-39(47)38(46)37(45)35(30-42)49-40)34(43)28-25-22-19-16-14-15-18-21-24-27-32(2)3/h32-35,37-40,42-43,45-47H,4-31H2,1-3H3,(H,41,44). The lowest BCUT2D eigenvalue weighted by molar-refractivity contribution is -0.302. The molecule has 6 N–H and O–H groups in total. The molecule has 0 spiro atoms. The van der Waals surface area contributed by atoms with Crippen molar-refractivity contribution in [1.82, 2.24) is 5.32 Å². The largest absolute Gasteiger partial charge is 0.394 e. The summed E-state index contributed by atoms with van der Waals surface area (Å²) in [5, 5.41) is 54.1. The van der Waals surface area contributed by atoms with Gasteiger partial charge in [-0.15, -0.1) is 0 Å². The Kier molecular flexibility index (Phi) is 29.0. The minimum Gasteiger partial charge on any atom is -0.394 e. The van der Waals surface area contributed by atoms with Gasteiger partial charge in [0, 0.05) is 6.42 Å². The zero-order valence-electron chi connectivity index (χ0n) is 31.9. The number of aliphatic hydroxyl groups excluding tert-OH is 5. The molecule has 0 aliphatic carbocycles. The number of aliphatic hydroxyl groups is 5. The van der Waals surface area contributed by atoms with Gasteiger partial charge in [0.15, 0.2) is 6.29 Å². The van der Waals surface area contributed by atoms with E-state index in [0.717, 1.165) is 44.4 Å². The molecule has 0 aromatic carbocycles. The fourth-order valence-corrected chi connectivity index (χ4v) is 6.76. The number of nitrogens with one attached hydrogen (secondary N) is 1. The van der Waals surface area contributed by atoms with Crippen molar-refractivity contribution in [3.8, 4) is 0 Å². The maximum Gasteiger partial charge on any atom is 0.220 e. The number of amides is 1. The van der Waals surface area contributed by atoms with Gasteiger partial charge in [-0.25, -0.2) is 0 Å². The minimum absolute atomic E-state index is 0.134. The maximum atomic E-state index is 12.9. The third kappa shape index (κ3) is 23.4. The van der Waals surface area contributed by atoms with Crippen LogP contribution < -0.4 is 5.32 Å². The summed E-state index contributed by atoms with van der Waals surface area (Å²) in [5.74, 6) is 0.644. The molecule has 0 radical (unpaired) electrons. The minimum atomic E-state index is -1.55. The molecule has 1 aliphatic heterocycles. The number of ether oxygens (including phenoxy) is 2. The van der Waals surface area contributed by atoms with Gasteiger partial charge in [0.2, 0.25) is 5.91 Å². The molecule has 49 heavy (non-hydrogen) atoms. The third-order valence-electron chi connectivity index (χ3n) is 10.1. The lowest BCUT2D eigenvalue weighted by atomic mass is 9.99. The van der Waals surface area contributed by atoms with Crippen molar-refractivity contribution < 1.29 is 39.8 Å². The Bertz CT molecular complexity index is 754. The van der Waals surface area contributed by atoms with E-state index in [9.17, 15) is 30.3 Å². The lowest BCUT2D eigenvalue weighted by Crippen LogP contribution is -2.60. The number of unbranched alkanes of at least 4 members (excludes halogenated alkanes) is 21.